The molecule has 200 valence electrons. The number of rotatable bonds is 5. The maximum absolute atomic E-state index is 12.9. The number of aliphatic hydroxyl groups is 3. The molecular formula is C28H30N2O8. The number of anilines is 1. The average molecular weight is 523 g/mol. The van der Waals surface area contributed by atoms with Crippen LogP contribution in [0, 0.1) is 11.8 Å². The Bertz CT molecular complexity index is 1390. The molecule has 0 bridgehead atoms. The first kappa shape index (κ1) is 25.9. The highest BCUT2D eigenvalue weighted by Gasteiger charge is 2.58. The molecule has 4 N–H and O–H groups in total. The number of esters is 1. The maximum Gasteiger partial charge on any atom is 0.345 e. The normalized spacial score (nSPS) is 27.7. The van der Waals surface area contributed by atoms with Gasteiger partial charge in [0.2, 0.25) is 5.79 Å². The lowest BCUT2D eigenvalue weighted by Crippen LogP contribution is -2.62. The zero-order valence-electron chi connectivity index (χ0n) is 21.2. The summed E-state index contributed by atoms with van der Waals surface area (Å²) in [5.41, 5.74) is -0.481. The molecule has 0 amide bonds. The zero-order chi connectivity index (χ0) is 27.2. The molecule has 6 atom stereocenters. The molecule has 0 saturated heterocycles. The van der Waals surface area contributed by atoms with Gasteiger partial charge in [-0.1, -0.05) is 0 Å². The predicted molar refractivity (Wildman–Crippen MR) is 136 cm³/mol. The minimum atomic E-state index is -1.96. The summed E-state index contributed by atoms with van der Waals surface area (Å²) in [5.74, 6) is -3.90. The number of nitrogens with zero attached hydrogens (tertiary/aromatic N) is 1. The van der Waals surface area contributed by atoms with Crippen molar-refractivity contribution in [3.63, 3.8) is 0 Å². The van der Waals surface area contributed by atoms with Crippen molar-refractivity contribution in [2.45, 2.75) is 50.3 Å². The van der Waals surface area contributed by atoms with Crippen LogP contribution < -0.4 is 15.7 Å². The third-order valence-electron chi connectivity index (χ3n) is 7.81. The molecule has 0 radical (unpaired) electrons. The first-order valence-corrected chi connectivity index (χ1v) is 12.4. The van der Waals surface area contributed by atoms with E-state index in [2.05, 4.69) is 10.3 Å². The summed E-state index contributed by atoms with van der Waals surface area (Å²) in [6.45, 7) is 3.01. The first-order valence-electron chi connectivity index (χ1n) is 12.4. The Hall–Kier alpha value is -3.73. The minimum Gasteiger partial charge on any atom is -0.484 e. The number of aliphatic hydroxyl groups excluding tert-OH is 2. The van der Waals surface area contributed by atoms with Gasteiger partial charge in [0.1, 0.15) is 22.7 Å². The fourth-order valence-corrected chi connectivity index (χ4v) is 5.44. The summed E-state index contributed by atoms with van der Waals surface area (Å²) in [6, 6.07) is 11.5. The third-order valence-corrected chi connectivity index (χ3v) is 7.81. The number of hydrogen-bond donors (Lipinski definition) is 4. The van der Waals surface area contributed by atoms with Gasteiger partial charge in [0.25, 0.3) is 0 Å². The lowest BCUT2D eigenvalue weighted by Gasteiger charge is -2.53. The minimum absolute atomic E-state index is 0.0327. The van der Waals surface area contributed by atoms with E-state index in [0.29, 0.717) is 5.56 Å². The van der Waals surface area contributed by atoms with E-state index in [1.54, 1.807) is 56.6 Å². The predicted octanol–water partition coefficient (Wildman–Crippen LogP) is 2.88. The van der Waals surface area contributed by atoms with Crippen molar-refractivity contribution in [3.05, 3.63) is 76.4 Å². The monoisotopic (exact) mass is 522 g/mol. The molecule has 1 aliphatic heterocycles. The lowest BCUT2D eigenvalue weighted by atomic mass is 9.64. The average Bonchev–Trinajstić information content (AvgIpc) is 2.89. The van der Waals surface area contributed by atoms with Crippen LogP contribution in [-0.4, -0.2) is 50.8 Å². The van der Waals surface area contributed by atoms with Crippen LogP contribution in [0.25, 0.3) is 11.3 Å². The molecule has 0 spiro atoms. The molecule has 10 nitrogen and oxygen atoms in total. The summed E-state index contributed by atoms with van der Waals surface area (Å²) in [7, 11) is 1.76. The number of carbonyl (C=O) groups excluding carboxylic acids is 1. The van der Waals surface area contributed by atoms with E-state index < -0.39 is 47.0 Å². The molecule has 10 heteroatoms. The van der Waals surface area contributed by atoms with Crippen molar-refractivity contribution >= 4 is 11.7 Å². The number of ether oxygens (including phenoxy) is 2. The molecule has 2 aliphatic rings. The highest BCUT2D eigenvalue weighted by Crippen LogP contribution is 2.53. The van der Waals surface area contributed by atoms with Crippen LogP contribution >= 0.6 is 0 Å². The summed E-state index contributed by atoms with van der Waals surface area (Å²) in [4.78, 5) is 29.7. The highest BCUT2D eigenvalue weighted by atomic mass is 16.7. The topological polar surface area (TPSA) is 151 Å². The SMILES string of the molecule is CNc1ccc(C(=O)OC(C)(O)[C@@H]2C[C@H](O)[C@@]3(C)Oc4cc(-c5cccnc5)oc(=O)c4C(O)[C@@H]3C2)cc1. The number of fused-ring (bicyclic) bond motifs is 2. The van der Waals surface area contributed by atoms with E-state index in [1.165, 1.54) is 19.2 Å². The van der Waals surface area contributed by atoms with Crippen molar-refractivity contribution in [2.24, 2.45) is 11.8 Å². The van der Waals surface area contributed by atoms with Gasteiger partial charge in [-0.2, -0.15) is 0 Å². The summed E-state index contributed by atoms with van der Waals surface area (Å²) in [6.07, 6.45) is 0.769. The van der Waals surface area contributed by atoms with Gasteiger partial charge in [0, 0.05) is 55.5 Å². The maximum atomic E-state index is 12.9. The first-order chi connectivity index (χ1) is 18.0. The number of aromatic nitrogens is 1. The molecule has 2 unspecified atom stereocenters. The van der Waals surface area contributed by atoms with Crippen LogP contribution in [0.15, 0.2) is 64.1 Å². The second kappa shape index (κ2) is 9.54. The van der Waals surface area contributed by atoms with Crippen LogP contribution in [0.1, 0.15) is 48.7 Å². The zero-order valence-corrected chi connectivity index (χ0v) is 21.2. The van der Waals surface area contributed by atoms with Gasteiger partial charge in [-0.3, -0.25) is 4.98 Å². The second-order valence-corrected chi connectivity index (χ2v) is 10.2. The largest absolute Gasteiger partial charge is 0.484 e. The van der Waals surface area contributed by atoms with E-state index in [-0.39, 0.29) is 35.5 Å². The van der Waals surface area contributed by atoms with E-state index in [4.69, 9.17) is 13.9 Å². The Kier molecular flexibility index (Phi) is 6.50. The molecule has 1 aliphatic carbocycles. The van der Waals surface area contributed by atoms with Crippen molar-refractivity contribution in [2.75, 3.05) is 12.4 Å². The molecular weight excluding hydrogens is 492 g/mol. The summed E-state index contributed by atoms with van der Waals surface area (Å²) < 4.78 is 17.1. The van der Waals surface area contributed by atoms with Gasteiger partial charge in [-0.25, -0.2) is 9.59 Å². The van der Waals surface area contributed by atoms with Crippen LogP contribution in [-0.2, 0) is 4.74 Å². The number of nitrogens with one attached hydrogen (secondary N) is 1. The number of hydrogen-bond acceptors (Lipinski definition) is 10. The van der Waals surface area contributed by atoms with Gasteiger partial charge in [-0.05, 0) is 56.2 Å². The van der Waals surface area contributed by atoms with Crippen LogP contribution in [0.5, 0.6) is 5.75 Å². The van der Waals surface area contributed by atoms with E-state index in [9.17, 15) is 24.9 Å². The van der Waals surface area contributed by atoms with Crippen molar-refractivity contribution in [3.8, 4) is 17.1 Å². The fourth-order valence-electron chi connectivity index (χ4n) is 5.44. The Labute approximate surface area is 218 Å². The smallest absolute Gasteiger partial charge is 0.345 e. The van der Waals surface area contributed by atoms with Crippen molar-refractivity contribution in [1.29, 1.82) is 0 Å². The number of carbonyl (C=O) groups is 1. The second-order valence-electron chi connectivity index (χ2n) is 10.2. The highest BCUT2D eigenvalue weighted by molar-refractivity contribution is 5.90. The molecule has 3 aromatic rings. The van der Waals surface area contributed by atoms with Crippen LogP contribution in [0.3, 0.4) is 0 Å². The number of benzene rings is 1. The van der Waals surface area contributed by atoms with Gasteiger partial charge in [0.05, 0.1) is 17.8 Å². The molecule has 3 heterocycles. The third kappa shape index (κ3) is 4.44. The molecule has 1 aromatic carbocycles. The lowest BCUT2D eigenvalue weighted by molar-refractivity contribution is -0.237. The van der Waals surface area contributed by atoms with E-state index >= 15 is 0 Å². The standard InChI is InChI=1S/C28H30N2O8/c1-27-19(24(32)23-21(37-27)13-20(36-26(23)34)16-5-4-10-30-14-16)11-17(12-22(27)31)28(2,35)38-25(33)15-6-8-18(29-3)9-7-15/h4-10,13-14,17,19,22,24,29,31-32,35H,11-12H2,1-3H3/t17-,19-,22-,24?,27-,28?/m0/s1. The van der Waals surface area contributed by atoms with Gasteiger partial charge < -0.3 is 34.5 Å². The van der Waals surface area contributed by atoms with Crippen LogP contribution in [0.4, 0.5) is 5.69 Å². The van der Waals surface area contributed by atoms with Gasteiger partial charge in [0.15, 0.2) is 0 Å². The van der Waals surface area contributed by atoms with Crippen molar-refractivity contribution in [1.82, 2.24) is 4.98 Å². The summed E-state index contributed by atoms with van der Waals surface area (Å²) in [5, 5.41) is 36.7. The molecule has 5 rings (SSSR count). The van der Waals surface area contributed by atoms with Gasteiger partial charge in [-0.15, -0.1) is 0 Å². The Morgan fingerprint density at radius 1 is 1.21 bits per heavy atom. The Morgan fingerprint density at radius 2 is 1.95 bits per heavy atom. The van der Waals surface area contributed by atoms with E-state index in [0.717, 1.165) is 5.69 Å². The summed E-state index contributed by atoms with van der Waals surface area (Å²) >= 11 is 0. The number of pyridine rings is 1. The molecule has 1 saturated carbocycles. The Morgan fingerprint density at radius 3 is 2.61 bits per heavy atom. The molecule has 2 aromatic heterocycles. The van der Waals surface area contributed by atoms with Crippen molar-refractivity contribution < 1.29 is 34.0 Å². The van der Waals surface area contributed by atoms with Gasteiger partial charge >= 0.3 is 11.6 Å². The van der Waals surface area contributed by atoms with Crippen LogP contribution in [0.2, 0.25) is 0 Å². The quantitative estimate of drug-likeness (QED) is 0.291. The Balaban J connectivity index is 1.41. The molecule has 38 heavy (non-hydrogen) atoms. The fraction of sp³-hybridized carbons (Fsp3) is 0.393. The van der Waals surface area contributed by atoms with E-state index in [1.807, 2.05) is 0 Å². The molecule has 1 fully saturated rings.